The minimum atomic E-state index is -0.0660. The van der Waals surface area contributed by atoms with Gasteiger partial charge in [0.05, 0.1) is 15.6 Å². The number of aromatic nitrogens is 1. The number of fused-ring (bicyclic) bond motifs is 1. The van der Waals surface area contributed by atoms with Crippen molar-refractivity contribution in [2.24, 2.45) is 5.92 Å². The molecule has 1 aromatic carbocycles. The maximum Gasteiger partial charge on any atom is 0.258 e. The Morgan fingerprint density at radius 1 is 1.37 bits per heavy atom. The fourth-order valence-corrected chi connectivity index (χ4v) is 5.81. The van der Waals surface area contributed by atoms with Crippen LogP contribution in [0.4, 0.5) is 5.13 Å². The van der Waals surface area contributed by atoms with E-state index in [0.717, 1.165) is 35.3 Å². The lowest BCUT2D eigenvalue weighted by Gasteiger charge is -2.18. The van der Waals surface area contributed by atoms with Crippen LogP contribution in [0.2, 0.25) is 10.0 Å². The highest BCUT2D eigenvalue weighted by Gasteiger charge is 2.23. The van der Waals surface area contributed by atoms with Crippen molar-refractivity contribution < 1.29 is 4.79 Å². The van der Waals surface area contributed by atoms with Crippen molar-refractivity contribution in [2.45, 2.75) is 32.6 Å². The van der Waals surface area contributed by atoms with Gasteiger partial charge in [0.1, 0.15) is 0 Å². The smallest absolute Gasteiger partial charge is 0.258 e. The number of carbonyl (C=O) groups excluding carboxylic acids is 1. The average molecular weight is 437 g/mol. The number of thiazole rings is 1. The van der Waals surface area contributed by atoms with Gasteiger partial charge in [0.25, 0.3) is 5.91 Å². The zero-order valence-corrected chi connectivity index (χ0v) is 17.9. The molecule has 4 rings (SSSR count). The van der Waals surface area contributed by atoms with E-state index in [4.69, 9.17) is 23.2 Å². The lowest BCUT2D eigenvalue weighted by atomic mass is 9.88. The largest absolute Gasteiger partial charge is 0.298 e. The van der Waals surface area contributed by atoms with Gasteiger partial charge in [0, 0.05) is 27.8 Å². The molecule has 0 aliphatic heterocycles. The van der Waals surface area contributed by atoms with E-state index in [1.807, 2.05) is 17.5 Å². The highest BCUT2D eigenvalue weighted by Crippen LogP contribution is 2.34. The standard InChI is InChI=1S/C20H18Cl2N2OS2/c1-11-5-6-14-15(10-26-17(14)7-11)19(25)24-20-23-9-13(27-20)8-12-3-2-4-16(21)18(12)22/h2-4,9-11H,5-8H2,1H3,(H,23,24,25). The van der Waals surface area contributed by atoms with Gasteiger partial charge < -0.3 is 0 Å². The number of amides is 1. The third kappa shape index (κ3) is 4.06. The van der Waals surface area contributed by atoms with Crippen LogP contribution < -0.4 is 5.32 Å². The highest BCUT2D eigenvalue weighted by atomic mass is 35.5. The van der Waals surface area contributed by atoms with Gasteiger partial charge in [0.2, 0.25) is 0 Å². The summed E-state index contributed by atoms with van der Waals surface area (Å²) in [6, 6.07) is 5.60. The van der Waals surface area contributed by atoms with Gasteiger partial charge in [-0.2, -0.15) is 0 Å². The molecule has 0 bridgehead atoms. The SMILES string of the molecule is CC1CCc2c(C(=O)Nc3ncc(Cc4cccc(Cl)c4Cl)s3)csc2C1. The van der Waals surface area contributed by atoms with Crippen LogP contribution in [0.3, 0.4) is 0 Å². The van der Waals surface area contributed by atoms with Crippen LogP contribution in [0.15, 0.2) is 29.8 Å². The molecule has 1 unspecified atom stereocenters. The van der Waals surface area contributed by atoms with Crippen molar-refractivity contribution >= 4 is 56.9 Å². The molecule has 0 radical (unpaired) electrons. The van der Waals surface area contributed by atoms with E-state index >= 15 is 0 Å². The summed E-state index contributed by atoms with van der Waals surface area (Å²) in [5.41, 5.74) is 2.97. The van der Waals surface area contributed by atoms with E-state index in [1.54, 1.807) is 23.6 Å². The Hall–Kier alpha value is -1.40. The molecule has 1 N–H and O–H groups in total. The Bertz CT molecular complexity index is 996. The topological polar surface area (TPSA) is 42.0 Å². The highest BCUT2D eigenvalue weighted by molar-refractivity contribution is 7.15. The van der Waals surface area contributed by atoms with Crippen molar-refractivity contribution in [3.8, 4) is 0 Å². The summed E-state index contributed by atoms with van der Waals surface area (Å²) in [7, 11) is 0. The second-order valence-electron chi connectivity index (χ2n) is 6.87. The Morgan fingerprint density at radius 3 is 3.07 bits per heavy atom. The number of anilines is 1. The molecular formula is C20H18Cl2N2OS2. The molecule has 3 nitrogen and oxygen atoms in total. The Balaban J connectivity index is 1.47. The first kappa shape index (κ1) is 18.9. The summed E-state index contributed by atoms with van der Waals surface area (Å²) in [6.45, 7) is 2.27. The summed E-state index contributed by atoms with van der Waals surface area (Å²) in [5, 5.41) is 6.66. The molecule has 7 heteroatoms. The number of thiophene rings is 1. The van der Waals surface area contributed by atoms with Crippen molar-refractivity contribution in [3.63, 3.8) is 0 Å². The zero-order valence-electron chi connectivity index (χ0n) is 14.7. The molecule has 27 heavy (non-hydrogen) atoms. The van der Waals surface area contributed by atoms with Crippen LogP contribution in [0.25, 0.3) is 0 Å². The first-order valence-corrected chi connectivity index (χ1v) is 11.2. The van der Waals surface area contributed by atoms with E-state index in [2.05, 4.69) is 17.2 Å². The van der Waals surface area contributed by atoms with Gasteiger partial charge >= 0.3 is 0 Å². The van der Waals surface area contributed by atoms with Gasteiger partial charge in [-0.05, 0) is 42.4 Å². The van der Waals surface area contributed by atoms with Gasteiger partial charge in [-0.15, -0.1) is 22.7 Å². The zero-order chi connectivity index (χ0) is 19.0. The Labute approximate surface area is 176 Å². The third-order valence-corrected chi connectivity index (χ3v) is 7.64. The van der Waals surface area contributed by atoms with Crippen LogP contribution in [0.5, 0.6) is 0 Å². The molecule has 0 spiro atoms. The van der Waals surface area contributed by atoms with Gasteiger partial charge in [-0.1, -0.05) is 42.3 Å². The van der Waals surface area contributed by atoms with Gasteiger partial charge in [-0.25, -0.2) is 4.98 Å². The second kappa shape index (κ2) is 7.92. The first-order chi connectivity index (χ1) is 13.0. The summed E-state index contributed by atoms with van der Waals surface area (Å²) in [4.78, 5) is 19.5. The monoisotopic (exact) mass is 436 g/mol. The summed E-state index contributed by atoms with van der Waals surface area (Å²) in [5.74, 6) is 0.635. The van der Waals surface area contributed by atoms with Crippen LogP contribution in [-0.4, -0.2) is 10.9 Å². The molecule has 1 aliphatic carbocycles. The average Bonchev–Trinajstić information content (AvgIpc) is 3.25. The lowest BCUT2D eigenvalue weighted by Crippen LogP contribution is -2.16. The van der Waals surface area contributed by atoms with Crippen LogP contribution in [-0.2, 0) is 19.3 Å². The van der Waals surface area contributed by atoms with E-state index in [9.17, 15) is 4.79 Å². The minimum Gasteiger partial charge on any atom is -0.298 e. The van der Waals surface area contributed by atoms with Gasteiger partial charge in [0.15, 0.2) is 5.13 Å². The molecule has 1 aliphatic rings. The maximum absolute atomic E-state index is 12.7. The predicted octanol–water partition coefficient (Wildman–Crippen LogP) is 6.48. The number of hydrogen-bond donors (Lipinski definition) is 1. The Morgan fingerprint density at radius 2 is 2.22 bits per heavy atom. The molecule has 2 heterocycles. The van der Waals surface area contributed by atoms with Crippen LogP contribution in [0.1, 0.15) is 44.6 Å². The summed E-state index contributed by atoms with van der Waals surface area (Å²) >= 11 is 15.5. The van der Waals surface area contributed by atoms with Gasteiger partial charge in [-0.3, -0.25) is 10.1 Å². The molecule has 0 saturated heterocycles. The maximum atomic E-state index is 12.7. The van der Waals surface area contributed by atoms with Crippen LogP contribution >= 0.6 is 45.9 Å². The normalized spacial score (nSPS) is 16.2. The van der Waals surface area contributed by atoms with E-state index in [-0.39, 0.29) is 5.91 Å². The summed E-state index contributed by atoms with van der Waals surface area (Å²) < 4.78 is 0. The summed E-state index contributed by atoms with van der Waals surface area (Å²) in [6.07, 6.45) is 5.63. The molecule has 1 atom stereocenters. The lowest BCUT2D eigenvalue weighted by molar-refractivity contribution is 0.102. The molecule has 3 aromatic rings. The number of carbonyl (C=O) groups is 1. The second-order valence-corrected chi connectivity index (χ2v) is 9.74. The fourth-order valence-electron chi connectivity index (χ4n) is 3.35. The van der Waals surface area contributed by atoms with E-state index < -0.39 is 0 Å². The van der Waals surface area contributed by atoms with Crippen molar-refractivity contribution in [1.29, 1.82) is 0 Å². The molecular weight excluding hydrogens is 419 g/mol. The first-order valence-electron chi connectivity index (χ1n) is 8.79. The number of nitrogens with zero attached hydrogens (tertiary/aromatic N) is 1. The number of benzene rings is 1. The fraction of sp³-hybridized carbons (Fsp3) is 0.300. The van der Waals surface area contributed by atoms with Crippen molar-refractivity contribution in [2.75, 3.05) is 5.32 Å². The predicted molar refractivity (Wildman–Crippen MR) is 115 cm³/mol. The number of rotatable bonds is 4. The van der Waals surface area contributed by atoms with Crippen molar-refractivity contribution in [1.82, 2.24) is 4.98 Å². The number of nitrogens with one attached hydrogen (secondary N) is 1. The minimum absolute atomic E-state index is 0.0660. The Kier molecular flexibility index (Phi) is 5.55. The molecule has 2 aromatic heterocycles. The molecule has 0 saturated carbocycles. The third-order valence-electron chi connectivity index (χ3n) is 4.82. The van der Waals surface area contributed by atoms with E-state index in [0.29, 0.717) is 27.5 Å². The van der Waals surface area contributed by atoms with Crippen molar-refractivity contribution in [3.05, 3.63) is 66.3 Å². The molecule has 0 fully saturated rings. The number of hydrogen-bond acceptors (Lipinski definition) is 4. The van der Waals surface area contributed by atoms with Crippen LogP contribution in [0, 0.1) is 5.92 Å². The molecule has 140 valence electrons. The molecule has 1 amide bonds. The van der Waals surface area contributed by atoms with E-state index in [1.165, 1.54) is 21.8 Å². The quantitative estimate of drug-likeness (QED) is 0.508. The number of halogens is 2.